The smallest absolute Gasteiger partial charge is 0.108 e. The van der Waals surface area contributed by atoms with Crippen LogP contribution >= 0.6 is 11.8 Å². The van der Waals surface area contributed by atoms with E-state index in [1.165, 1.54) is 4.90 Å². The van der Waals surface area contributed by atoms with E-state index in [-0.39, 0.29) is 6.61 Å². The van der Waals surface area contributed by atoms with E-state index in [1.807, 2.05) is 0 Å². The Morgan fingerprint density at radius 1 is 1.31 bits per heavy atom. The maximum atomic E-state index is 8.81. The normalized spacial score (nSPS) is 10.6. The van der Waals surface area contributed by atoms with E-state index in [1.54, 1.807) is 18.0 Å². The topological polar surface area (TPSA) is 48.9 Å². The molecule has 0 saturated carbocycles. The zero-order valence-electron chi connectivity index (χ0n) is 9.10. The third kappa shape index (κ3) is 2.46. The van der Waals surface area contributed by atoms with Crippen LogP contribution in [0.1, 0.15) is 5.82 Å². The molecule has 1 aromatic heterocycles. The van der Waals surface area contributed by atoms with E-state index in [2.05, 4.69) is 40.5 Å². The van der Waals surface area contributed by atoms with Gasteiger partial charge >= 0.3 is 0 Å². The molecule has 1 aromatic carbocycles. The van der Waals surface area contributed by atoms with E-state index in [0.29, 0.717) is 6.42 Å². The van der Waals surface area contributed by atoms with Crippen molar-refractivity contribution < 1.29 is 5.11 Å². The second-order valence-electron chi connectivity index (χ2n) is 3.45. The number of aromatic nitrogens is 2. The molecule has 2 N–H and O–H groups in total. The number of rotatable bonds is 4. The molecule has 0 unspecified atom stereocenters. The summed E-state index contributed by atoms with van der Waals surface area (Å²) in [6, 6.07) is 8.32. The zero-order valence-corrected chi connectivity index (χ0v) is 9.92. The molecule has 2 rings (SSSR count). The van der Waals surface area contributed by atoms with Crippen LogP contribution in [-0.2, 0) is 6.42 Å². The van der Waals surface area contributed by atoms with Crippen molar-refractivity contribution in [3.63, 3.8) is 0 Å². The van der Waals surface area contributed by atoms with E-state index >= 15 is 0 Å². The van der Waals surface area contributed by atoms with Gasteiger partial charge in [-0.2, -0.15) is 0 Å². The summed E-state index contributed by atoms with van der Waals surface area (Å²) in [6.07, 6.45) is 4.44. The van der Waals surface area contributed by atoms with Crippen LogP contribution in [0.2, 0.25) is 0 Å². The second kappa shape index (κ2) is 5.18. The average Bonchev–Trinajstić information content (AvgIpc) is 2.78. The third-order valence-corrected chi connectivity index (χ3v) is 3.12. The Morgan fingerprint density at radius 2 is 2.06 bits per heavy atom. The first-order valence-corrected chi connectivity index (χ1v) is 6.35. The molecule has 4 heteroatoms. The summed E-state index contributed by atoms with van der Waals surface area (Å²) in [7, 11) is 0. The fraction of sp³-hybridized carbons (Fsp3) is 0.250. The van der Waals surface area contributed by atoms with Gasteiger partial charge < -0.3 is 10.1 Å². The molecular weight excluding hydrogens is 220 g/mol. The van der Waals surface area contributed by atoms with Crippen molar-refractivity contribution in [2.45, 2.75) is 11.3 Å². The van der Waals surface area contributed by atoms with Gasteiger partial charge in [0.25, 0.3) is 0 Å². The number of imidazole rings is 1. The summed E-state index contributed by atoms with van der Waals surface area (Å²) in [5.74, 6) is 0.825. The fourth-order valence-electron chi connectivity index (χ4n) is 1.51. The summed E-state index contributed by atoms with van der Waals surface area (Å²) in [6.45, 7) is 0.123. The molecule has 1 heterocycles. The maximum absolute atomic E-state index is 8.81. The molecule has 2 aromatic rings. The zero-order chi connectivity index (χ0) is 11.4. The van der Waals surface area contributed by atoms with Crippen LogP contribution in [0.4, 0.5) is 0 Å². The minimum atomic E-state index is 0.123. The highest BCUT2D eigenvalue weighted by Gasteiger charge is 2.02. The minimum Gasteiger partial charge on any atom is -0.396 e. The molecule has 84 valence electrons. The summed E-state index contributed by atoms with van der Waals surface area (Å²) in [4.78, 5) is 8.64. The molecule has 0 aliphatic rings. The Hall–Kier alpha value is -1.26. The van der Waals surface area contributed by atoms with Gasteiger partial charge in [-0.25, -0.2) is 4.98 Å². The third-order valence-electron chi connectivity index (χ3n) is 2.38. The van der Waals surface area contributed by atoms with Crippen LogP contribution in [0.5, 0.6) is 0 Å². The Bertz CT molecular complexity index is 450. The lowest BCUT2D eigenvalue weighted by molar-refractivity contribution is 0.297. The summed E-state index contributed by atoms with van der Waals surface area (Å²) in [5, 5.41) is 8.81. The van der Waals surface area contributed by atoms with Gasteiger partial charge in [0.05, 0.1) is 18.5 Å². The molecular formula is C12H14N2OS. The number of nitrogens with zero attached hydrogens (tertiary/aromatic N) is 1. The summed E-state index contributed by atoms with van der Waals surface area (Å²) < 4.78 is 0. The standard InChI is InChI=1S/C12H14N2OS/c1-16-10-4-2-9(3-5-10)11-8-13-12(14-11)6-7-15/h2-5,8,15H,6-7H2,1H3,(H,13,14). The van der Waals surface area contributed by atoms with Crippen molar-refractivity contribution >= 4 is 11.8 Å². The Labute approximate surface area is 98.9 Å². The lowest BCUT2D eigenvalue weighted by atomic mass is 10.2. The van der Waals surface area contributed by atoms with Crippen LogP contribution in [-0.4, -0.2) is 27.9 Å². The van der Waals surface area contributed by atoms with Crippen LogP contribution in [0.3, 0.4) is 0 Å². The lowest BCUT2D eigenvalue weighted by Gasteiger charge is -1.99. The summed E-state index contributed by atoms with van der Waals surface area (Å²) in [5.41, 5.74) is 2.12. The highest BCUT2D eigenvalue weighted by molar-refractivity contribution is 7.98. The largest absolute Gasteiger partial charge is 0.396 e. The van der Waals surface area contributed by atoms with E-state index in [9.17, 15) is 0 Å². The van der Waals surface area contributed by atoms with Crippen molar-refractivity contribution in [1.82, 2.24) is 9.97 Å². The van der Waals surface area contributed by atoms with Gasteiger partial charge in [-0.05, 0) is 24.0 Å². The fourth-order valence-corrected chi connectivity index (χ4v) is 1.92. The van der Waals surface area contributed by atoms with Crippen molar-refractivity contribution in [3.05, 3.63) is 36.3 Å². The Kier molecular flexibility index (Phi) is 3.64. The van der Waals surface area contributed by atoms with E-state index in [4.69, 9.17) is 5.11 Å². The highest BCUT2D eigenvalue weighted by atomic mass is 32.2. The van der Waals surface area contributed by atoms with Crippen molar-refractivity contribution in [3.8, 4) is 11.3 Å². The molecule has 0 amide bonds. The Balaban J connectivity index is 2.21. The van der Waals surface area contributed by atoms with Crippen LogP contribution in [0.25, 0.3) is 11.3 Å². The quantitative estimate of drug-likeness (QED) is 0.798. The lowest BCUT2D eigenvalue weighted by Crippen LogP contribution is -1.92. The van der Waals surface area contributed by atoms with Gasteiger partial charge in [0.2, 0.25) is 0 Å². The molecule has 0 radical (unpaired) electrons. The predicted octanol–water partition coefficient (Wildman–Crippen LogP) is 2.33. The maximum Gasteiger partial charge on any atom is 0.108 e. The molecule has 0 saturated heterocycles. The SMILES string of the molecule is CSc1ccc(-c2cnc(CCO)[nH]2)cc1. The van der Waals surface area contributed by atoms with Gasteiger partial charge in [0, 0.05) is 11.3 Å². The first-order chi connectivity index (χ1) is 7.83. The van der Waals surface area contributed by atoms with E-state index in [0.717, 1.165) is 17.1 Å². The monoisotopic (exact) mass is 234 g/mol. The summed E-state index contributed by atoms with van der Waals surface area (Å²) >= 11 is 1.73. The molecule has 0 fully saturated rings. The molecule has 0 aliphatic heterocycles. The van der Waals surface area contributed by atoms with Crippen LogP contribution in [0.15, 0.2) is 35.4 Å². The van der Waals surface area contributed by atoms with Crippen molar-refractivity contribution in [2.24, 2.45) is 0 Å². The van der Waals surface area contributed by atoms with Gasteiger partial charge in [0.15, 0.2) is 0 Å². The predicted molar refractivity (Wildman–Crippen MR) is 66.6 cm³/mol. The Morgan fingerprint density at radius 3 is 2.69 bits per heavy atom. The second-order valence-corrected chi connectivity index (χ2v) is 4.33. The number of hydrogen-bond donors (Lipinski definition) is 2. The first-order valence-electron chi connectivity index (χ1n) is 5.12. The first kappa shape index (κ1) is 11.2. The number of thioether (sulfide) groups is 1. The number of aliphatic hydroxyl groups excluding tert-OH is 1. The number of H-pyrrole nitrogens is 1. The highest BCUT2D eigenvalue weighted by Crippen LogP contribution is 2.21. The average molecular weight is 234 g/mol. The number of nitrogens with one attached hydrogen (secondary N) is 1. The number of aliphatic hydroxyl groups is 1. The van der Waals surface area contributed by atoms with Gasteiger partial charge in [-0.15, -0.1) is 11.8 Å². The number of hydrogen-bond acceptors (Lipinski definition) is 3. The van der Waals surface area contributed by atoms with Crippen molar-refractivity contribution in [2.75, 3.05) is 12.9 Å². The number of aromatic amines is 1. The molecule has 0 bridgehead atoms. The molecule has 16 heavy (non-hydrogen) atoms. The van der Waals surface area contributed by atoms with Crippen LogP contribution in [0, 0.1) is 0 Å². The molecule has 0 atom stereocenters. The molecule has 3 nitrogen and oxygen atoms in total. The molecule has 0 spiro atoms. The molecule has 0 aliphatic carbocycles. The van der Waals surface area contributed by atoms with Gasteiger partial charge in [0.1, 0.15) is 5.82 Å². The van der Waals surface area contributed by atoms with Gasteiger partial charge in [-0.3, -0.25) is 0 Å². The van der Waals surface area contributed by atoms with Gasteiger partial charge in [-0.1, -0.05) is 12.1 Å². The number of benzene rings is 1. The van der Waals surface area contributed by atoms with Crippen LogP contribution < -0.4 is 0 Å². The van der Waals surface area contributed by atoms with E-state index < -0.39 is 0 Å². The minimum absolute atomic E-state index is 0.123. The van der Waals surface area contributed by atoms with Crippen molar-refractivity contribution in [1.29, 1.82) is 0 Å².